The summed E-state index contributed by atoms with van der Waals surface area (Å²) in [6, 6.07) is 2.27. The Morgan fingerprint density at radius 3 is 2.00 bits per heavy atom. The predicted octanol–water partition coefficient (Wildman–Crippen LogP) is 3.32. The standard InChI is InChI=1S/C18H32OSi/c1-8-9-10-12-11-13(17(2,3)4)15(19)14(16(12)20)18(5,6)7/h11,19H,8-10H2,1-7,20H3. The largest absolute Gasteiger partial charge is 0.507 e. The first-order valence-corrected chi connectivity index (χ1v) is 8.86. The number of aromatic hydroxyl groups is 1. The van der Waals surface area contributed by atoms with Crippen molar-refractivity contribution < 1.29 is 5.11 Å². The minimum absolute atomic E-state index is 0.00336. The van der Waals surface area contributed by atoms with E-state index in [-0.39, 0.29) is 10.8 Å². The molecule has 0 saturated heterocycles. The summed E-state index contributed by atoms with van der Waals surface area (Å²) in [5.74, 6) is 0.537. The maximum absolute atomic E-state index is 10.8. The topological polar surface area (TPSA) is 20.2 Å². The van der Waals surface area contributed by atoms with Crippen LogP contribution in [0.15, 0.2) is 6.07 Å². The summed E-state index contributed by atoms with van der Waals surface area (Å²) < 4.78 is 0. The maximum atomic E-state index is 10.8. The van der Waals surface area contributed by atoms with Crippen molar-refractivity contribution in [2.24, 2.45) is 0 Å². The van der Waals surface area contributed by atoms with E-state index in [0.29, 0.717) is 5.75 Å². The van der Waals surface area contributed by atoms with Gasteiger partial charge in [-0.05, 0) is 40.4 Å². The quantitative estimate of drug-likeness (QED) is 0.847. The summed E-state index contributed by atoms with van der Waals surface area (Å²) >= 11 is 0. The zero-order chi connectivity index (χ0) is 15.7. The summed E-state index contributed by atoms with van der Waals surface area (Å²) in [4.78, 5) is 0. The third-order valence-electron chi connectivity index (χ3n) is 4.02. The number of benzene rings is 1. The lowest BCUT2D eigenvalue weighted by Gasteiger charge is -2.30. The SMILES string of the molecule is CCCCc1cc(C(C)(C)C)c(O)c(C(C)(C)C)c1[SiH3]. The molecular weight excluding hydrogens is 260 g/mol. The molecule has 0 spiro atoms. The van der Waals surface area contributed by atoms with Gasteiger partial charge in [-0.25, -0.2) is 0 Å². The first kappa shape index (κ1) is 17.3. The van der Waals surface area contributed by atoms with Crippen LogP contribution in [-0.2, 0) is 17.3 Å². The van der Waals surface area contributed by atoms with Gasteiger partial charge in [0.05, 0.1) is 0 Å². The van der Waals surface area contributed by atoms with E-state index < -0.39 is 0 Å². The molecule has 1 aromatic rings. The molecular formula is C18H32OSi. The summed E-state index contributed by atoms with van der Waals surface area (Å²) in [7, 11) is 0.998. The molecule has 2 heteroatoms. The van der Waals surface area contributed by atoms with Gasteiger partial charge in [0.1, 0.15) is 5.75 Å². The number of aryl methyl sites for hydroxylation is 1. The Balaban J connectivity index is 3.57. The van der Waals surface area contributed by atoms with E-state index in [9.17, 15) is 5.11 Å². The van der Waals surface area contributed by atoms with Crippen molar-refractivity contribution in [3.63, 3.8) is 0 Å². The molecule has 0 unspecified atom stereocenters. The first-order valence-electron chi connectivity index (χ1n) is 7.86. The highest BCUT2D eigenvalue weighted by Crippen LogP contribution is 2.38. The molecule has 0 aromatic heterocycles. The van der Waals surface area contributed by atoms with Crippen molar-refractivity contribution in [2.45, 2.75) is 78.6 Å². The molecule has 1 aromatic carbocycles. The van der Waals surface area contributed by atoms with Crippen molar-refractivity contribution in [3.05, 3.63) is 22.8 Å². The van der Waals surface area contributed by atoms with Gasteiger partial charge in [0.25, 0.3) is 0 Å². The van der Waals surface area contributed by atoms with Gasteiger partial charge in [-0.2, -0.15) is 0 Å². The lowest BCUT2D eigenvalue weighted by molar-refractivity contribution is 0.424. The van der Waals surface area contributed by atoms with Crippen LogP contribution in [0.2, 0.25) is 0 Å². The minimum atomic E-state index is -0.0136. The van der Waals surface area contributed by atoms with Crippen LogP contribution < -0.4 is 5.19 Å². The fourth-order valence-electron chi connectivity index (χ4n) is 2.94. The predicted molar refractivity (Wildman–Crippen MR) is 93.7 cm³/mol. The molecule has 114 valence electrons. The summed E-state index contributed by atoms with van der Waals surface area (Å²) in [5.41, 5.74) is 3.74. The van der Waals surface area contributed by atoms with Crippen LogP contribution in [0.3, 0.4) is 0 Å². The monoisotopic (exact) mass is 292 g/mol. The normalized spacial score (nSPS) is 12.9. The van der Waals surface area contributed by atoms with Crippen LogP contribution in [0.1, 0.15) is 78.0 Å². The Bertz CT molecular complexity index is 476. The van der Waals surface area contributed by atoms with Gasteiger partial charge in [0.15, 0.2) is 0 Å². The van der Waals surface area contributed by atoms with E-state index in [1.54, 1.807) is 0 Å². The average molecular weight is 293 g/mol. The highest BCUT2D eigenvalue weighted by atomic mass is 28.1. The van der Waals surface area contributed by atoms with Gasteiger partial charge in [-0.15, -0.1) is 0 Å². The summed E-state index contributed by atoms with van der Waals surface area (Å²) in [5, 5.41) is 12.2. The molecule has 1 rings (SSSR count). The van der Waals surface area contributed by atoms with E-state index in [1.165, 1.54) is 29.2 Å². The summed E-state index contributed by atoms with van der Waals surface area (Å²) in [6.45, 7) is 15.4. The van der Waals surface area contributed by atoms with Crippen molar-refractivity contribution in [3.8, 4) is 5.75 Å². The highest BCUT2D eigenvalue weighted by Gasteiger charge is 2.28. The molecule has 0 saturated carbocycles. The molecule has 0 atom stereocenters. The highest BCUT2D eigenvalue weighted by molar-refractivity contribution is 6.35. The third-order valence-corrected chi connectivity index (χ3v) is 5.17. The fraction of sp³-hybridized carbons (Fsp3) is 0.667. The molecule has 0 heterocycles. The Hall–Kier alpha value is -0.763. The fourth-order valence-corrected chi connectivity index (χ4v) is 4.32. The third kappa shape index (κ3) is 3.66. The second-order valence-electron chi connectivity index (χ2n) is 8.04. The Morgan fingerprint density at radius 2 is 1.60 bits per heavy atom. The number of unbranched alkanes of at least 4 members (excludes halogenated alkanes) is 1. The Kier molecular flexibility index (Phi) is 5.12. The van der Waals surface area contributed by atoms with Gasteiger partial charge in [-0.1, -0.05) is 66.1 Å². The van der Waals surface area contributed by atoms with Crippen LogP contribution in [0.5, 0.6) is 5.75 Å². The molecule has 0 aliphatic carbocycles. The van der Waals surface area contributed by atoms with Crippen LogP contribution in [0.25, 0.3) is 0 Å². The second kappa shape index (κ2) is 5.93. The molecule has 0 amide bonds. The van der Waals surface area contributed by atoms with Crippen molar-refractivity contribution in [2.75, 3.05) is 0 Å². The molecule has 0 aliphatic rings. The average Bonchev–Trinajstić information content (AvgIpc) is 2.24. The molecule has 20 heavy (non-hydrogen) atoms. The molecule has 0 aliphatic heterocycles. The van der Waals surface area contributed by atoms with E-state index in [0.717, 1.165) is 22.2 Å². The van der Waals surface area contributed by atoms with Crippen LogP contribution >= 0.6 is 0 Å². The van der Waals surface area contributed by atoms with E-state index in [2.05, 4.69) is 54.5 Å². The molecule has 1 nitrogen and oxygen atoms in total. The van der Waals surface area contributed by atoms with E-state index in [1.807, 2.05) is 0 Å². The molecule has 1 N–H and O–H groups in total. The van der Waals surface area contributed by atoms with Crippen molar-refractivity contribution in [1.82, 2.24) is 0 Å². The van der Waals surface area contributed by atoms with Gasteiger partial charge in [0.2, 0.25) is 0 Å². The molecule has 0 radical (unpaired) electrons. The summed E-state index contributed by atoms with van der Waals surface area (Å²) in [6.07, 6.45) is 3.59. The van der Waals surface area contributed by atoms with Gasteiger partial charge in [-0.3, -0.25) is 0 Å². The van der Waals surface area contributed by atoms with E-state index >= 15 is 0 Å². The lowest BCUT2D eigenvalue weighted by atomic mass is 9.78. The lowest BCUT2D eigenvalue weighted by Crippen LogP contribution is -2.29. The first-order chi connectivity index (χ1) is 9.00. The van der Waals surface area contributed by atoms with Crippen LogP contribution in [-0.4, -0.2) is 15.3 Å². The number of hydrogen-bond donors (Lipinski definition) is 1. The Labute approximate surface area is 128 Å². The zero-order valence-corrected chi connectivity index (χ0v) is 16.6. The number of hydrogen-bond acceptors (Lipinski definition) is 1. The van der Waals surface area contributed by atoms with Gasteiger partial charge >= 0.3 is 0 Å². The number of phenols is 1. The van der Waals surface area contributed by atoms with Crippen molar-refractivity contribution in [1.29, 1.82) is 0 Å². The zero-order valence-electron chi connectivity index (χ0n) is 14.6. The number of rotatable bonds is 3. The molecule has 0 bridgehead atoms. The Morgan fingerprint density at radius 1 is 1.05 bits per heavy atom. The smallest absolute Gasteiger partial charge is 0.122 e. The maximum Gasteiger partial charge on any atom is 0.122 e. The van der Waals surface area contributed by atoms with Crippen LogP contribution in [0.4, 0.5) is 0 Å². The second-order valence-corrected chi connectivity index (χ2v) is 9.04. The number of phenolic OH excluding ortho intramolecular Hbond substituents is 1. The van der Waals surface area contributed by atoms with E-state index in [4.69, 9.17) is 0 Å². The van der Waals surface area contributed by atoms with Crippen LogP contribution in [0, 0.1) is 0 Å². The van der Waals surface area contributed by atoms with Gasteiger partial charge in [0, 0.05) is 10.2 Å². The molecule has 0 fully saturated rings. The van der Waals surface area contributed by atoms with Crippen molar-refractivity contribution >= 4 is 15.4 Å². The minimum Gasteiger partial charge on any atom is -0.507 e. The van der Waals surface area contributed by atoms with Gasteiger partial charge < -0.3 is 5.11 Å².